The van der Waals surface area contributed by atoms with Gasteiger partial charge in [0.15, 0.2) is 5.11 Å². The molecule has 1 aliphatic heterocycles. The summed E-state index contributed by atoms with van der Waals surface area (Å²) in [5, 5.41) is 15.7. The lowest BCUT2D eigenvalue weighted by atomic mass is 9.96. The molecule has 0 saturated carbocycles. The molecule has 1 fully saturated rings. The van der Waals surface area contributed by atoms with Gasteiger partial charge in [-0.05, 0) is 80.0 Å². The molecular weight excluding hydrogens is 498 g/mol. The topological polar surface area (TPSA) is 85.5 Å². The van der Waals surface area contributed by atoms with Crippen LogP contribution >= 0.6 is 12.2 Å². The van der Waals surface area contributed by atoms with Gasteiger partial charge in [0.25, 0.3) is 5.69 Å². The van der Waals surface area contributed by atoms with Crippen molar-refractivity contribution in [1.82, 2.24) is 14.9 Å². The molecule has 0 radical (unpaired) electrons. The van der Waals surface area contributed by atoms with Crippen molar-refractivity contribution in [3.63, 3.8) is 0 Å². The van der Waals surface area contributed by atoms with Crippen molar-refractivity contribution in [2.24, 2.45) is 0 Å². The highest BCUT2D eigenvalue weighted by Gasteiger charge is 2.42. The van der Waals surface area contributed by atoms with Crippen molar-refractivity contribution in [2.45, 2.75) is 39.3 Å². The first-order valence-corrected chi connectivity index (χ1v) is 12.9. The lowest BCUT2D eigenvalue weighted by Crippen LogP contribution is -2.29. The van der Waals surface area contributed by atoms with E-state index in [1.54, 1.807) is 25.4 Å². The van der Waals surface area contributed by atoms with Crippen molar-refractivity contribution < 1.29 is 9.66 Å². The number of nitrogens with zero attached hydrogens (tertiary/aromatic N) is 4. The third-order valence-corrected chi connectivity index (χ3v) is 7.44. The van der Waals surface area contributed by atoms with E-state index in [1.165, 1.54) is 11.6 Å². The van der Waals surface area contributed by atoms with E-state index in [-0.39, 0.29) is 17.8 Å². The van der Waals surface area contributed by atoms with Crippen molar-refractivity contribution >= 4 is 28.7 Å². The molecule has 38 heavy (non-hydrogen) atoms. The van der Waals surface area contributed by atoms with Crippen molar-refractivity contribution in [3.05, 3.63) is 111 Å². The van der Waals surface area contributed by atoms with E-state index in [1.807, 2.05) is 36.6 Å². The molecule has 194 valence electrons. The summed E-state index contributed by atoms with van der Waals surface area (Å²) < 4.78 is 7.61. The van der Waals surface area contributed by atoms with Gasteiger partial charge in [-0.3, -0.25) is 15.1 Å². The summed E-state index contributed by atoms with van der Waals surface area (Å²) in [6, 6.07) is 20.7. The van der Waals surface area contributed by atoms with Gasteiger partial charge in [-0.1, -0.05) is 25.1 Å². The maximum atomic E-state index is 11.6. The number of hydrogen-bond acceptors (Lipinski definition) is 5. The zero-order valence-electron chi connectivity index (χ0n) is 21.7. The van der Waals surface area contributed by atoms with E-state index < -0.39 is 4.92 Å². The Morgan fingerprint density at radius 1 is 1.11 bits per heavy atom. The van der Waals surface area contributed by atoms with E-state index in [2.05, 4.69) is 52.5 Å². The SMILES string of the molecule is CCc1ccc(N2C(=S)N[C@H](c3ccccn3)[C@H]2c2cc(C)n(-c3cc([N+](=O)[O-])ccc3OC)c2C)cc1. The van der Waals surface area contributed by atoms with Gasteiger partial charge in [0.2, 0.25) is 0 Å². The average molecular weight is 528 g/mol. The summed E-state index contributed by atoms with van der Waals surface area (Å²) in [6.07, 6.45) is 2.74. The second-order valence-corrected chi connectivity index (χ2v) is 9.68. The fraction of sp³-hybridized carbons (Fsp3) is 0.241. The summed E-state index contributed by atoms with van der Waals surface area (Å²) in [4.78, 5) is 18.0. The Morgan fingerprint density at radius 3 is 2.50 bits per heavy atom. The first-order chi connectivity index (χ1) is 18.3. The van der Waals surface area contributed by atoms with Gasteiger partial charge >= 0.3 is 0 Å². The highest BCUT2D eigenvalue weighted by Crippen LogP contribution is 2.44. The number of aromatic nitrogens is 2. The number of benzene rings is 2. The van der Waals surface area contributed by atoms with Crippen LogP contribution in [0, 0.1) is 24.0 Å². The summed E-state index contributed by atoms with van der Waals surface area (Å²) in [7, 11) is 1.57. The molecule has 2 atom stereocenters. The van der Waals surface area contributed by atoms with Crippen LogP contribution in [0.3, 0.4) is 0 Å². The molecule has 5 rings (SSSR count). The normalized spacial score (nSPS) is 16.9. The first-order valence-electron chi connectivity index (χ1n) is 12.4. The Bertz CT molecular complexity index is 1500. The molecular formula is C29H29N5O3S. The number of pyridine rings is 1. The number of nitro groups is 1. The molecule has 2 aromatic carbocycles. The lowest BCUT2D eigenvalue weighted by molar-refractivity contribution is -0.384. The van der Waals surface area contributed by atoms with Crippen molar-refractivity contribution in [2.75, 3.05) is 12.0 Å². The van der Waals surface area contributed by atoms with Gasteiger partial charge < -0.3 is 19.5 Å². The first kappa shape index (κ1) is 25.4. The minimum atomic E-state index is -0.393. The van der Waals surface area contributed by atoms with Crippen LogP contribution in [0.25, 0.3) is 5.69 Å². The molecule has 1 saturated heterocycles. The fourth-order valence-corrected chi connectivity index (χ4v) is 5.61. The third-order valence-electron chi connectivity index (χ3n) is 7.12. The van der Waals surface area contributed by atoms with Gasteiger partial charge in [-0.15, -0.1) is 0 Å². The number of nitro benzene ring substituents is 1. The average Bonchev–Trinajstić information content (AvgIpc) is 3.43. The number of ether oxygens (including phenoxy) is 1. The van der Waals surface area contributed by atoms with Gasteiger partial charge in [0.05, 0.1) is 35.5 Å². The Kier molecular flexibility index (Phi) is 6.86. The van der Waals surface area contributed by atoms with E-state index in [9.17, 15) is 10.1 Å². The molecule has 2 aromatic heterocycles. The highest BCUT2D eigenvalue weighted by atomic mass is 32.1. The fourth-order valence-electron chi connectivity index (χ4n) is 5.27. The molecule has 0 aliphatic carbocycles. The number of non-ortho nitro benzene ring substituents is 1. The number of aryl methyl sites for hydroxylation is 2. The maximum absolute atomic E-state index is 11.6. The van der Waals surface area contributed by atoms with Crippen molar-refractivity contribution in [3.8, 4) is 11.4 Å². The zero-order valence-corrected chi connectivity index (χ0v) is 22.5. The molecule has 0 bridgehead atoms. The smallest absolute Gasteiger partial charge is 0.271 e. The molecule has 0 spiro atoms. The molecule has 8 nitrogen and oxygen atoms in total. The van der Waals surface area contributed by atoms with Crippen LogP contribution in [0.1, 0.15) is 47.2 Å². The molecule has 1 N–H and O–H groups in total. The van der Waals surface area contributed by atoms with Crippen LogP contribution in [-0.4, -0.2) is 26.7 Å². The Balaban J connectivity index is 1.69. The third kappa shape index (κ3) is 4.39. The number of methoxy groups -OCH3 is 1. The van der Waals surface area contributed by atoms with Crippen LogP contribution in [-0.2, 0) is 6.42 Å². The minimum absolute atomic E-state index is 0.00237. The van der Waals surface area contributed by atoms with Gasteiger partial charge in [-0.2, -0.15) is 0 Å². The predicted molar refractivity (Wildman–Crippen MR) is 152 cm³/mol. The van der Waals surface area contributed by atoms with E-state index in [4.69, 9.17) is 17.0 Å². The van der Waals surface area contributed by atoms with Crippen LogP contribution in [0.2, 0.25) is 0 Å². The second kappa shape index (κ2) is 10.3. The largest absolute Gasteiger partial charge is 0.495 e. The highest BCUT2D eigenvalue weighted by molar-refractivity contribution is 7.80. The number of thiocarbonyl (C=S) groups is 1. The number of nitrogens with one attached hydrogen (secondary N) is 1. The second-order valence-electron chi connectivity index (χ2n) is 9.29. The quantitative estimate of drug-likeness (QED) is 0.175. The monoisotopic (exact) mass is 527 g/mol. The molecule has 1 aliphatic rings. The van der Waals surface area contributed by atoms with Crippen molar-refractivity contribution in [1.29, 1.82) is 0 Å². The molecule has 9 heteroatoms. The molecule has 3 heterocycles. The summed E-state index contributed by atoms with van der Waals surface area (Å²) in [5.74, 6) is 0.553. The van der Waals surface area contributed by atoms with E-state index in [0.717, 1.165) is 34.8 Å². The standard InChI is InChI=1S/C29H29N5O3S/c1-5-20-9-11-21(12-10-20)33-28(27(31-29(33)38)24-8-6-7-15-30-24)23-16-18(2)32(19(23)3)25-17-22(34(35)36)13-14-26(25)37-4/h6-17,27-28H,5H2,1-4H3,(H,31,38)/t27-,28-/m1/s1. The Labute approximate surface area is 227 Å². The van der Waals surface area contributed by atoms with Crippen LogP contribution in [0.15, 0.2) is 72.9 Å². The maximum Gasteiger partial charge on any atom is 0.271 e. The number of anilines is 1. The molecule has 0 unspecified atom stereocenters. The van der Waals surface area contributed by atoms with Gasteiger partial charge in [-0.25, -0.2) is 0 Å². The van der Waals surface area contributed by atoms with E-state index >= 15 is 0 Å². The molecule has 0 amide bonds. The zero-order chi connectivity index (χ0) is 27.0. The lowest BCUT2D eigenvalue weighted by Gasteiger charge is -2.28. The van der Waals surface area contributed by atoms with Crippen LogP contribution < -0.4 is 15.0 Å². The minimum Gasteiger partial charge on any atom is -0.495 e. The Hall–Kier alpha value is -4.24. The predicted octanol–water partition coefficient (Wildman–Crippen LogP) is 6.15. The molecule has 4 aromatic rings. The number of hydrogen-bond donors (Lipinski definition) is 1. The van der Waals surface area contributed by atoms with E-state index in [0.29, 0.717) is 16.5 Å². The van der Waals surface area contributed by atoms with Gasteiger partial charge in [0, 0.05) is 35.4 Å². The van der Waals surface area contributed by atoms with Crippen LogP contribution in [0.4, 0.5) is 11.4 Å². The Morgan fingerprint density at radius 2 is 1.87 bits per heavy atom. The van der Waals surface area contributed by atoms with Crippen LogP contribution in [0.5, 0.6) is 5.75 Å². The summed E-state index contributed by atoms with van der Waals surface area (Å²) in [6.45, 7) is 6.15. The van der Waals surface area contributed by atoms with Gasteiger partial charge in [0.1, 0.15) is 5.75 Å². The summed E-state index contributed by atoms with van der Waals surface area (Å²) >= 11 is 5.88. The number of rotatable bonds is 7. The summed E-state index contributed by atoms with van der Waals surface area (Å²) in [5.41, 5.74) is 6.64.